The quantitative estimate of drug-likeness (QED) is 0.815. The fourth-order valence-electron chi connectivity index (χ4n) is 1.63. The highest BCUT2D eigenvalue weighted by Gasteiger charge is 2.22. The van der Waals surface area contributed by atoms with Gasteiger partial charge in [-0.05, 0) is 18.7 Å². The zero-order valence-corrected chi connectivity index (χ0v) is 10.2. The molecule has 4 heteroatoms. The van der Waals surface area contributed by atoms with Crippen molar-refractivity contribution < 1.29 is 9.84 Å². The van der Waals surface area contributed by atoms with Gasteiger partial charge in [-0.25, -0.2) is 0 Å². The van der Waals surface area contributed by atoms with E-state index in [1.807, 2.05) is 25.2 Å². The van der Waals surface area contributed by atoms with E-state index >= 15 is 0 Å². The van der Waals surface area contributed by atoms with Crippen molar-refractivity contribution in [3.8, 4) is 0 Å². The first-order valence-corrected chi connectivity index (χ1v) is 6.35. The summed E-state index contributed by atoms with van der Waals surface area (Å²) in [7, 11) is 1.85. The summed E-state index contributed by atoms with van der Waals surface area (Å²) in [5, 5.41) is 13.5. The molecule has 0 aliphatic carbocycles. The molecule has 2 N–H and O–H groups in total. The Hall–Kier alpha value is -0.550. The average molecular weight is 239 g/mol. The zero-order chi connectivity index (χ0) is 11.4. The third-order valence-corrected chi connectivity index (χ3v) is 3.81. The summed E-state index contributed by atoms with van der Waals surface area (Å²) in [5.74, 6) is 0. The number of hydrogen-bond donors (Lipinski definition) is 2. The molecule has 16 heavy (non-hydrogen) atoms. The number of aliphatic hydroxyl groups excluding tert-OH is 1. The molecule has 1 aliphatic heterocycles. The topological polar surface area (TPSA) is 41.5 Å². The molecule has 2 rings (SSSR count). The van der Waals surface area contributed by atoms with Crippen LogP contribution in [-0.2, 0) is 4.74 Å². The van der Waals surface area contributed by atoms with Crippen molar-refractivity contribution in [2.24, 2.45) is 0 Å². The van der Waals surface area contributed by atoms with Crippen molar-refractivity contribution in [2.45, 2.75) is 16.2 Å². The molecule has 88 valence electrons. The minimum absolute atomic E-state index is 0.435. The van der Waals surface area contributed by atoms with Crippen LogP contribution in [0, 0.1) is 0 Å². The number of aliphatic hydroxyl groups is 1. The predicted octanol–water partition coefficient (Wildman–Crippen LogP) is 1.43. The van der Waals surface area contributed by atoms with Crippen LogP contribution in [0.1, 0.15) is 11.7 Å². The zero-order valence-electron chi connectivity index (χ0n) is 9.35. The van der Waals surface area contributed by atoms with Crippen LogP contribution in [0.25, 0.3) is 0 Å². The van der Waals surface area contributed by atoms with E-state index in [1.165, 1.54) is 4.90 Å². The minimum Gasteiger partial charge on any atom is -0.387 e. The molecular formula is C12H17NO2S. The first-order valence-electron chi connectivity index (χ1n) is 5.47. The summed E-state index contributed by atoms with van der Waals surface area (Å²) >= 11 is 1.80. The van der Waals surface area contributed by atoms with Gasteiger partial charge >= 0.3 is 0 Å². The summed E-state index contributed by atoms with van der Waals surface area (Å²) in [5.41, 5.74) is 1.01. The molecule has 0 aromatic heterocycles. The molecule has 1 unspecified atom stereocenters. The van der Waals surface area contributed by atoms with Crippen LogP contribution in [0.2, 0.25) is 0 Å². The van der Waals surface area contributed by atoms with Gasteiger partial charge in [0.1, 0.15) is 0 Å². The average Bonchev–Trinajstić information content (AvgIpc) is 2.24. The van der Waals surface area contributed by atoms with Crippen molar-refractivity contribution in [2.75, 3.05) is 26.8 Å². The van der Waals surface area contributed by atoms with Crippen molar-refractivity contribution in [3.05, 3.63) is 29.8 Å². The fraction of sp³-hybridized carbons (Fsp3) is 0.500. The summed E-state index contributed by atoms with van der Waals surface area (Å²) in [6.07, 6.45) is -0.435. The second-order valence-electron chi connectivity index (χ2n) is 3.89. The van der Waals surface area contributed by atoms with Gasteiger partial charge in [0.15, 0.2) is 0 Å². The van der Waals surface area contributed by atoms with Crippen LogP contribution < -0.4 is 5.32 Å². The Labute approximate surface area is 100 Å². The molecule has 0 amide bonds. The van der Waals surface area contributed by atoms with Crippen LogP contribution in [0.4, 0.5) is 0 Å². The molecule has 1 aliphatic rings. The maximum atomic E-state index is 10.00. The number of benzene rings is 1. The minimum atomic E-state index is -0.435. The number of hydrogen-bond acceptors (Lipinski definition) is 4. The Kier molecular flexibility index (Phi) is 4.23. The van der Waals surface area contributed by atoms with Gasteiger partial charge in [0.05, 0.1) is 24.6 Å². The van der Waals surface area contributed by atoms with E-state index in [4.69, 9.17) is 4.74 Å². The molecule has 0 saturated carbocycles. The number of rotatable bonds is 5. The third-order valence-electron chi connectivity index (χ3n) is 2.58. The van der Waals surface area contributed by atoms with Crippen LogP contribution in [0.15, 0.2) is 29.2 Å². The Balaban J connectivity index is 2.09. The third kappa shape index (κ3) is 2.77. The van der Waals surface area contributed by atoms with E-state index in [9.17, 15) is 5.11 Å². The van der Waals surface area contributed by atoms with Gasteiger partial charge in [0, 0.05) is 11.4 Å². The maximum absolute atomic E-state index is 10.00. The first-order chi connectivity index (χ1) is 7.81. The summed E-state index contributed by atoms with van der Waals surface area (Å²) in [6.45, 7) is 2.22. The van der Waals surface area contributed by atoms with Crippen LogP contribution in [-0.4, -0.2) is 37.2 Å². The van der Waals surface area contributed by atoms with Crippen LogP contribution in [0.5, 0.6) is 0 Å². The molecule has 1 aromatic carbocycles. The van der Waals surface area contributed by atoms with E-state index in [1.54, 1.807) is 11.8 Å². The van der Waals surface area contributed by atoms with Gasteiger partial charge in [0.25, 0.3) is 0 Å². The predicted molar refractivity (Wildman–Crippen MR) is 65.8 cm³/mol. The van der Waals surface area contributed by atoms with Gasteiger partial charge in [-0.15, -0.1) is 11.8 Å². The lowest BCUT2D eigenvalue weighted by Gasteiger charge is -2.26. The van der Waals surface area contributed by atoms with Crippen LogP contribution >= 0.6 is 11.8 Å². The molecule has 1 saturated heterocycles. The normalized spacial score (nSPS) is 18.1. The SMILES string of the molecule is CNCC(O)c1ccccc1SC1COC1. The largest absolute Gasteiger partial charge is 0.387 e. The number of thioether (sulfide) groups is 1. The molecule has 1 atom stereocenters. The van der Waals surface area contributed by atoms with Crippen molar-refractivity contribution in [1.29, 1.82) is 0 Å². The molecule has 1 fully saturated rings. The van der Waals surface area contributed by atoms with E-state index in [0.29, 0.717) is 11.8 Å². The Morgan fingerprint density at radius 2 is 2.25 bits per heavy atom. The fourth-order valence-corrected chi connectivity index (χ4v) is 2.81. The monoisotopic (exact) mass is 239 g/mol. The lowest BCUT2D eigenvalue weighted by Crippen LogP contribution is -2.30. The Morgan fingerprint density at radius 1 is 1.50 bits per heavy atom. The summed E-state index contributed by atoms with van der Waals surface area (Å²) in [4.78, 5) is 1.17. The number of nitrogens with one attached hydrogen (secondary N) is 1. The summed E-state index contributed by atoms with van der Waals surface area (Å²) in [6, 6.07) is 8.04. The highest BCUT2D eigenvalue weighted by molar-refractivity contribution is 8.00. The standard InChI is InChI=1S/C12H17NO2S/c1-13-6-11(14)10-4-2-3-5-12(10)16-9-7-15-8-9/h2-5,9,11,13-14H,6-8H2,1H3. The second-order valence-corrected chi connectivity index (χ2v) is 5.23. The van der Waals surface area contributed by atoms with Crippen LogP contribution in [0.3, 0.4) is 0 Å². The van der Waals surface area contributed by atoms with E-state index < -0.39 is 6.10 Å². The van der Waals surface area contributed by atoms with E-state index in [-0.39, 0.29) is 0 Å². The lowest BCUT2D eigenvalue weighted by molar-refractivity contribution is 0.0454. The van der Waals surface area contributed by atoms with Gasteiger partial charge in [-0.2, -0.15) is 0 Å². The highest BCUT2D eigenvalue weighted by Crippen LogP contribution is 2.33. The first kappa shape index (κ1) is 11.9. The highest BCUT2D eigenvalue weighted by atomic mass is 32.2. The van der Waals surface area contributed by atoms with Gasteiger partial charge in [0.2, 0.25) is 0 Å². The summed E-state index contributed by atoms with van der Waals surface area (Å²) < 4.78 is 5.16. The van der Waals surface area contributed by atoms with Crippen molar-refractivity contribution in [1.82, 2.24) is 5.32 Å². The van der Waals surface area contributed by atoms with Gasteiger partial charge in [-0.1, -0.05) is 18.2 Å². The molecule has 1 heterocycles. The molecule has 1 aromatic rings. The molecule has 0 radical (unpaired) electrons. The maximum Gasteiger partial charge on any atom is 0.0925 e. The second kappa shape index (κ2) is 5.68. The Morgan fingerprint density at radius 3 is 2.88 bits per heavy atom. The van der Waals surface area contributed by atoms with Crippen molar-refractivity contribution >= 4 is 11.8 Å². The Bertz CT molecular complexity index is 342. The number of ether oxygens (including phenoxy) is 1. The van der Waals surface area contributed by atoms with E-state index in [0.717, 1.165) is 18.8 Å². The lowest BCUT2D eigenvalue weighted by atomic mass is 10.1. The molecular weight excluding hydrogens is 222 g/mol. The molecule has 0 bridgehead atoms. The van der Waals surface area contributed by atoms with Gasteiger partial charge in [-0.3, -0.25) is 0 Å². The molecule has 0 spiro atoms. The van der Waals surface area contributed by atoms with E-state index in [2.05, 4.69) is 11.4 Å². The smallest absolute Gasteiger partial charge is 0.0925 e. The van der Waals surface area contributed by atoms with Gasteiger partial charge < -0.3 is 15.2 Å². The molecule has 3 nitrogen and oxygen atoms in total. The number of likely N-dealkylation sites (N-methyl/N-ethyl adjacent to an activating group) is 1. The van der Waals surface area contributed by atoms with Crippen molar-refractivity contribution in [3.63, 3.8) is 0 Å².